The maximum atomic E-state index is 11.6. The second-order valence-electron chi connectivity index (χ2n) is 4.41. The van der Waals surface area contributed by atoms with Crippen LogP contribution in [0.15, 0.2) is 24.3 Å². The quantitative estimate of drug-likeness (QED) is 0.807. The molecule has 1 N–H and O–H groups in total. The van der Waals surface area contributed by atoms with Gasteiger partial charge in [0.2, 0.25) is 5.91 Å². The SMILES string of the molecule is Cc1ccccc1OCCNC(=O)C1CCCO1. The van der Waals surface area contributed by atoms with Crippen LogP contribution in [0.1, 0.15) is 18.4 Å². The van der Waals surface area contributed by atoms with Gasteiger partial charge < -0.3 is 14.8 Å². The number of rotatable bonds is 5. The highest BCUT2D eigenvalue weighted by Crippen LogP contribution is 2.15. The third-order valence-electron chi connectivity index (χ3n) is 2.97. The van der Waals surface area contributed by atoms with Crippen LogP contribution in [0.5, 0.6) is 5.75 Å². The molecule has 1 aromatic carbocycles. The number of aryl methyl sites for hydroxylation is 1. The third-order valence-corrected chi connectivity index (χ3v) is 2.97. The van der Waals surface area contributed by atoms with Crippen molar-refractivity contribution in [2.75, 3.05) is 19.8 Å². The molecule has 98 valence electrons. The van der Waals surface area contributed by atoms with E-state index in [0.29, 0.717) is 19.8 Å². The number of amides is 1. The van der Waals surface area contributed by atoms with Crippen molar-refractivity contribution in [3.8, 4) is 5.75 Å². The second-order valence-corrected chi connectivity index (χ2v) is 4.41. The van der Waals surface area contributed by atoms with Crippen LogP contribution in [0.3, 0.4) is 0 Å². The first-order valence-corrected chi connectivity index (χ1v) is 6.35. The molecule has 18 heavy (non-hydrogen) atoms. The molecule has 0 aliphatic carbocycles. The van der Waals surface area contributed by atoms with Crippen molar-refractivity contribution >= 4 is 5.91 Å². The van der Waals surface area contributed by atoms with E-state index >= 15 is 0 Å². The van der Waals surface area contributed by atoms with Gasteiger partial charge in [-0.25, -0.2) is 0 Å². The molecule has 1 aliphatic heterocycles. The fraction of sp³-hybridized carbons (Fsp3) is 0.500. The van der Waals surface area contributed by atoms with E-state index in [1.165, 1.54) is 0 Å². The minimum Gasteiger partial charge on any atom is -0.491 e. The summed E-state index contributed by atoms with van der Waals surface area (Å²) in [4.78, 5) is 11.6. The van der Waals surface area contributed by atoms with Gasteiger partial charge in [-0.05, 0) is 31.4 Å². The second kappa shape index (κ2) is 6.40. The lowest BCUT2D eigenvalue weighted by Crippen LogP contribution is -2.36. The molecule has 0 saturated carbocycles. The first-order valence-electron chi connectivity index (χ1n) is 6.35. The van der Waals surface area contributed by atoms with Crippen LogP contribution in [0.4, 0.5) is 0 Å². The van der Waals surface area contributed by atoms with Crippen LogP contribution < -0.4 is 10.1 Å². The van der Waals surface area contributed by atoms with Gasteiger partial charge in [-0.1, -0.05) is 18.2 Å². The van der Waals surface area contributed by atoms with Crippen molar-refractivity contribution < 1.29 is 14.3 Å². The van der Waals surface area contributed by atoms with Gasteiger partial charge in [0.25, 0.3) is 0 Å². The largest absolute Gasteiger partial charge is 0.491 e. The minimum atomic E-state index is -0.261. The van der Waals surface area contributed by atoms with Gasteiger partial charge in [-0.2, -0.15) is 0 Å². The molecule has 4 heteroatoms. The van der Waals surface area contributed by atoms with E-state index < -0.39 is 0 Å². The zero-order valence-corrected chi connectivity index (χ0v) is 10.6. The summed E-state index contributed by atoms with van der Waals surface area (Å²) in [7, 11) is 0. The molecule has 0 aromatic heterocycles. The summed E-state index contributed by atoms with van der Waals surface area (Å²) in [5, 5.41) is 2.83. The Balaban J connectivity index is 1.67. The predicted octanol–water partition coefficient (Wildman–Crippen LogP) is 1.67. The molecule has 0 spiro atoms. The van der Waals surface area contributed by atoms with E-state index in [2.05, 4.69) is 5.32 Å². The van der Waals surface area contributed by atoms with Crippen molar-refractivity contribution in [3.05, 3.63) is 29.8 Å². The number of carbonyl (C=O) groups is 1. The molecule has 1 fully saturated rings. The number of nitrogens with one attached hydrogen (secondary N) is 1. The molecule has 1 unspecified atom stereocenters. The molecule has 1 amide bonds. The van der Waals surface area contributed by atoms with Crippen LogP contribution in [0.2, 0.25) is 0 Å². The molecular weight excluding hydrogens is 230 g/mol. The lowest BCUT2D eigenvalue weighted by Gasteiger charge is -2.12. The van der Waals surface area contributed by atoms with Crippen LogP contribution in [-0.2, 0) is 9.53 Å². The summed E-state index contributed by atoms with van der Waals surface area (Å²) in [5.41, 5.74) is 1.10. The molecule has 0 radical (unpaired) electrons. The number of carbonyl (C=O) groups excluding carboxylic acids is 1. The van der Waals surface area contributed by atoms with E-state index in [-0.39, 0.29) is 12.0 Å². The highest BCUT2D eigenvalue weighted by molar-refractivity contribution is 5.80. The molecule has 1 aliphatic rings. The van der Waals surface area contributed by atoms with E-state index in [9.17, 15) is 4.79 Å². The van der Waals surface area contributed by atoms with Crippen LogP contribution >= 0.6 is 0 Å². The molecular formula is C14H19NO3. The molecule has 1 saturated heterocycles. The number of hydrogen-bond donors (Lipinski definition) is 1. The summed E-state index contributed by atoms with van der Waals surface area (Å²) in [6.45, 7) is 3.68. The van der Waals surface area contributed by atoms with E-state index in [1.807, 2.05) is 31.2 Å². The zero-order chi connectivity index (χ0) is 12.8. The fourth-order valence-corrected chi connectivity index (χ4v) is 1.95. The molecule has 1 atom stereocenters. The topological polar surface area (TPSA) is 47.6 Å². The highest BCUT2D eigenvalue weighted by Gasteiger charge is 2.22. The van der Waals surface area contributed by atoms with Gasteiger partial charge in [0.05, 0.1) is 6.54 Å². The van der Waals surface area contributed by atoms with Crippen molar-refractivity contribution in [2.24, 2.45) is 0 Å². The van der Waals surface area contributed by atoms with Crippen LogP contribution in [-0.4, -0.2) is 31.8 Å². The van der Waals surface area contributed by atoms with E-state index in [0.717, 1.165) is 24.2 Å². The summed E-state index contributed by atoms with van der Waals surface area (Å²) < 4.78 is 10.9. The van der Waals surface area contributed by atoms with Gasteiger partial charge in [0.1, 0.15) is 18.5 Å². The van der Waals surface area contributed by atoms with Gasteiger partial charge in [-0.15, -0.1) is 0 Å². The first kappa shape index (κ1) is 12.9. The van der Waals surface area contributed by atoms with Gasteiger partial charge in [0, 0.05) is 6.61 Å². The maximum Gasteiger partial charge on any atom is 0.249 e. The number of ether oxygens (including phenoxy) is 2. The van der Waals surface area contributed by atoms with Crippen molar-refractivity contribution in [3.63, 3.8) is 0 Å². The Morgan fingerprint density at radius 1 is 1.50 bits per heavy atom. The Bertz CT molecular complexity index is 400. The number of benzene rings is 1. The standard InChI is InChI=1S/C14H19NO3/c1-11-5-2-3-6-12(11)18-10-8-15-14(16)13-7-4-9-17-13/h2-3,5-6,13H,4,7-10H2,1H3,(H,15,16). The van der Waals surface area contributed by atoms with Gasteiger partial charge in [0.15, 0.2) is 0 Å². The third kappa shape index (κ3) is 3.47. The maximum absolute atomic E-state index is 11.6. The molecule has 4 nitrogen and oxygen atoms in total. The van der Waals surface area contributed by atoms with Crippen LogP contribution in [0.25, 0.3) is 0 Å². The van der Waals surface area contributed by atoms with Gasteiger partial charge in [-0.3, -0.25) is 4.79 Å². The number of para-hydroxylation sites is 1. The van der Waals surface area contributed by atoms with Crippen molar-refractivity contribution in [2.45, 2.75) is 25.9 Å². The van der Waals surface area contributed by atoms with E-state index in [1.54, 1.807) is 0 Å². The van der Waals surface area contributed by atoms with Crippen LogP contribution in [0, 0.1) is 6.92 Å². The fourth-order valence-electron chi connectivity index (χ4n) is 1.95. The molecule has 1 aromatic rings. The van der Waals surface area contributed by atoms with E-state index in [4.69, 9.17) is 9.47 Å². The van der Waals surface area contributed by atoms with Crippen molar-refractivity contribution in [1.29, 1.82) is 0 Å². The van der Waals surface area contributed by atoms with Crippen molar-refractivity contribution in [1.82, 2.24) is 5.32 Å². The summed E-state index contributed by atoms with van der Waals surface area (Å²) in [6, 6.07) is 7.84. The summed E-state index contributed by atoms with van der Waals surface area (Å²) >= 11 is 0. The summed E-state index contributed by atoms with van der Waals surface area (Å²) in [5.74, 6) is 0.838. The monoisotopic (exact) mass is 249 g/mol. The lowest BCUT2D eigenvalue weighted by atomic mass is 10.2. The molecule has 1 heterocycles. The first-order chi connectivity index (χ1) is 8.77. The molecule has 2 rings (SSSR count). The lowest BCUT2D eigenvalue weighted by molar-refractivity contribution is -0.130. The minimum absolute atomic E-state index is 0.0270. The smallest absolute Gasteiger partial charge is 0.249 e. The average molecular weight is 249 g/mol. The predicted molar refractivity (Wildman–Crippen MR) is 68.7 cm³/mol. The Hall–Kier alpha value is -1.55. The highest BCUT2D eigenvalue weighted by atomic mass is 16.5. The van der Waals surface area contributed by atoms with Gasteiger partial charge >= 0.3 is 0 Å². The summed E-state index contributed by atoms with van der Waals surface area (Å²) in [6.07, 6.45) is 1.53. The Labute approximate surface area is 107 Å². The Morgan fingerprint density at radius 2 is 2.33 bits per heavy atom. The normalized spacial score (nSPS) is 18.6. The molecule has 0 bridgehead atoms. The Morgan fingerprint density at radius 3 is 3.06 bits per heavy atom. The zero-order valence-electron chi connectivity index (χ0n) is 10.6. The Kier molecular flexibility index (Phi) is 4.59. The average Bonchev–Trinajstić information content (AvgIpc) is 2.90. The number of hydrogen-bond acceptors (Lipinski definition) is 3.